The maximum atomic E-state index is 13.5. The molecule has 0 radical (unpaired) electrons. The van der Waals surface area contributed by atoms with E-state index in [0.29, 0.717) is 42.8 Å². The van der Waals surface area contributed by atoms with Crippen LogP contribution in [0.5, 0.6) is 0 Å². The van der Waals surface area contributed by atoms with Crippen LogP contribution in [0.2, 0.25) is 5.02 Å². The third kappa shape index (κ3) is 5.90. The van der Waals surface area contributed by atoms with Gasteiger partial charge in [0.15, 0.2) is 0 Å². The third-order valence-corrected chi connectivity index (χ3v) is 7.74. The van der Waals surface area contributed by atoms with Gasteiger partial charge in [-0.25, -0.2) is 8.42 Å². The van der Waals surface area contributed by atoms with Crippen LogP contribution in [0.1, 0.15) is 35.6 Å². The van der Waals surface area contributed by atoms with E-state index in [0.717, 1.165) is 5.56 Å². The lowest BCUT2D eigenvalue weighted by atomic mass is 9.88. The Bertz CT molecular complexity index is 1110. The first-order valence-corrected chi connectivity index (χ1v) is 12.3. The largest absolute Gasteiger partial charge is 0.333 e. The quantitative estimate of drug-likeness (QED) is 0.424. The highest BCUT2D eigenvalue weighted by Gasteiger charge is 2.37. The minimum absolute atomic E-state index is 0.164. The van der Waals surface area contributed by atoms with E-state index in [2.05, 4.69) is 10.6 Å². The van der Waals surface area contributed by atoms with Crippen LogP contribution in [0.4, 0.5) is 0 Å². The fourth-order valence-electron chi connectivity index (χ4n) is 3.88. The van der Waals surface area contributed by atoms with E-state index >= 15 is 0 Å². The number of carbonyl (C=O) groups excluding carboxylic acids is 2. The molecule has 1 aliphatic rings. The minimum atomic E-state index is -4.13. The molecule has 1 heterocycles. The van der Waals surface area contributed by atoms with Crippen molar-refractivity contribution in [3.63, 3.8) is 0 Å². The number of sulfonamides is 1. The maximum Gasteiger partial charge on any atom is 0.253 e. The molecule has 2 atom stereocenters. The van der Waals surface area contributed by atoms with Crippen molar-refractivity contribution in [2.24, 2.45) is 5.92 Å². The molecule has 32 heavy (non-hydrogen) atoms. The lowest BCUT2D eigenvalue weighted by Crippen LogP contribution is -2.50. The summed E-state index contributed by atoms with van der Waals surface area (Å²) in [6.45, 7) is 0.171. The molecule has 0 saturated carbocycles. The van der Waals surface area contributed by atoms with Crippen LogP contribution in [0.15, 0.2) is 54.6 Å². The standard InChI is InChI=1S/C24H25ClN2O4S/c1-2-3-9-20(16-19-12-7-8-13-21(19)25)24(18-10-5-4-6-11-18)32(30,31)26-22(28)17-27-15-14-23(27)29/h1,4-8,10-13,20,24H,3,9,14-17H2,(H,26,28). The number of amides is 2. The molecule has 2 aromatic carbocycles. The molecule has 168 valence electrons. The molecule has 2 amide bonds. The van der Waals surface area contributed by atoms with E-state index in [1.165, 1.54) is 4.90 Å². The van der Waals surface area contributed by atoms with Crippen molar-refractivity contribution in [3.8, 4) is 12.3 Å². The Morgan fingerprint density at radius 1 is 1.16 bits per heavy atom. The van der Waals surface area contributed by atoms with Crippen molar-refractivity contribution < 1.29 is 18.0 Å². The van der Waals surface area contributed by atoms with Crippen molar-refractivity contribution >= 4 is 33.4 Å². The predicted molar refractivity (Wildman–Crippen MR) is 124 cm³/mol. The number of terminal acetylenes is 1. The van der Waals surface area contributed by atoms with E-state index in [1.54, 1.807) is 36.4 Å². The van der Waals surface area contributed by atoms with Gasteiger partial charge < -0.3 is 4.90 Å². The van der Waals surface area contributed by atoms with Gasteiger partial charge in [0.05, 0.1) is 0 Å². The van der Waals surface area contributed by atoms with Gasteiger partial charge in [-0.2, -0.15) is 0 Å². The Kier molecular flexibility index (Phi) is 7.94. The summed E-state index contributed by atoms with van der Waals surface area (Å²) >= 11 is 6.35. The Morgan fingerprint density at radius 2 is 1.84 bits per heavy atom. The number of benzene rings is 2. The zero-order valence-electron chi connectivity index (χ0n) is 17.5. The van der Waals surface area contributed by atoms with Crippen LogP contribution in [0.25, 0.3) is 0 Å². The summed E-state index contributed by atoms with van der Waals surface area (Å²) in [7, 11) is -4.13. The topological polar surface area (TPSA) is 83.6 Å². The lowest BCUT2D eigenvalue weighted by Gasteiger charge is -2.31. The summed E-state index contributed by atoms with van der Waals surface area (Å²) in [5, 5.41) is -0.480. The maximum absolute atomic E-state index is 13.5. The molecule has 2 unspecified atom stereocenters. The second-order valence-electron chi connectivity index (χ2n) is 7.77. The van der Waals surface area contributed by atoms with Crippen molar-refractivity contribution in [1.29, 1.82) is 0 Å². The molecule has 0 bridgehead atoms. The first-order chi connectivity index (χ1) is 15.3. The van der Waals surface area contributed by atoms with Gasteiger partial charge in [-0.05, 0) is 36.0 Å². The first-order valence-electron chi connectivity index (χ1n) is 10.4. The normalized spacial score (nSPS) is 15.4. The second-order valence-corrected chi connectivity index (χ2v) is 9.97. The van der Waals surface area contributed by atoms with Crippen molar-refractivity contribution in [2.45, 2.75) is 30.9 Å². The Balaban J connectivity index is 1.93. The zero-order valence-corrected chi connectivity index (χ0v) is 19.1. The van der Waals surface area contributed by atoms with Gasteiger partial charge in [0.25, 0.3) is 5.91 Å². The SMILES string of the molecule is C#CCCC(Cc1ccccc1Cl)C(c1ccccc1)S(=O)(=O)NC(=O)CN1CCC1=O. The summed E-state index contributed by atoms with van der Waals surface area (Å²) in [4.78, 5) is 25.3. The molecule has 0 aromatic heterocycles. The van der Waals surface area contributed by atoms with Crippen molar-refractivity contribution in [2.75, 3.05) is 13.1 Å². The summed E-state index contributed by atoms with van der Waals surface area (Å²) in [6, 6.07) is 16.0. The summed E-state index contributed by atoms with van der Waals surface area (Å²) < 4.78 is 29.1. The van der Waals surface area contributed by atoms with Crippen LogP contribution < -0.4 is 4.72 Å². The van der Waals surface area contributed by atoms with Gasteiger partial charge in [0.2, 0.25) is 15.9 Å². The predicted octanol–water partition coefficient (Wildman–Crippen LogP) is 3.33. The van der Waals surface area contributed by atoms with Crippen LogP contribution >= 0.6 is 11.6 Å². The molecule has 1 fully saturated rings. The van der Waals surface area contributed by atoms with E-state index < -0.39 is 27.1 Å². The first kappa shape index (κ1) is 23.8. The molecular weight excluding hydrogens is 448 g/mol. The number of nitrogens with zero attached hydrogens (tertiary/aromatic N) is 1. The van der Waals surface area contributed by atoms with Gasteiger partial charge in [0, 0.05) is 24.4 Å². The number of β-lactam (4-membered cyclic amide) rings is 1. The number of hydrogen-bond donors (Lipinski definition) is 1. The van der Waals surface area contributed by atoms with E-state index in [-0.39, 0.29) is 12.5 Å². The molecule has 8 heteroatoms. The Labute approximate surface area is 194 Å². The molecule has 3 rings (SSSR count). The number of likely N-dealkylation sites (tertiary alicyclic amines) is 1. The number of halogens is 1. The summed E-state index contributed by atoms with van der Waals surface area (Å²) in [5.74, 6) is 1.26. The van der Waals surface area contributed by atoms with E-state index in [4.69, 9.17) is 18.0 Å². The monoisotopic (exact) mass is 472 g/mol. The number of carbonyl (C=O) groups is 2. The van der Waals surface area contributed by atoms with Crippen LogP contribution in [-0.4, -0.2) is 38.2 Å². The highest BCUT2D eigenvalue weighted by Crippen LogP contribution is 2.36. The molecule has 0 aliphatic carbocycles. The van der Waals surface area contributed by atoms with E-state index in [1.807, 2.05) is 18.2 Å². The summed E-state index contributed by atoms with van der Waals surface area (Å²) in [5.41, 5.74) is 1.37. The van der Waals surface area contributed by atoms with E-state index in [9.17, 15) is 18.0 Å². The zero-order chi connectivity index (χ0) is 23.1. The van der Waals surface area contributed by atoms with Gasteiger partial charge in [0.1, 0.15) is 11.8 Å². The third-order valence-electron chi connectivity index (χ3n) is 5.53. The highest BCUT2D eigenvalue weighted by molar-refractivity contribution is 7.90. The van der Waals surface area contributed by atoms with Crippen molar-refractivity contribution in [3.05, 3.63) is 70.7 Å². The van der Waals surface area contributed by atoms with Gasteiger partial charge in [-0.15, -0.1) is 12.3 Å². The van der Waals surface area contributed by atoms with Crippen LogP contribution in [-0.2, 0) is 26.0 Å². The fourth-order valence-corrected chi connectivity index (χ4v) is 5.86. The fraction of sp³-hybridized carbons (Fsp3) is 0.333. The highest BCUT2D eigenvalue weighted by atomic mass is 35.5. The van der Waals surface area contributed by atoms with Gasteiger partial charge in [-0.1, -0.05) is 60.1 Å². The summed E-state index contributed by atoms with van der Waals surface area (Å²) in [6.07, 6.45) is 7.05. The molecule has 1 N–H and O–H groups in total. The molecular formula is C24H25ClN2O4S. The Hall–Kier alpha value is -2.82. The number of nitrogens with one attached hydrogen (secondary N) is 1. The molecule has 6 nitrogen and oxygen atoms in total. The van der Waals surface area contributed by atoms with Crippen LogP contribution in [0, 0.1) is 18.3 Å². The van der Waals surface area contributed by atoms with Crippen LogP contribution in [0.3, 0.4) is 0 Å². The average Bonchev–Trinajstić information content (AvgIpc) is 2.76. The number of hydrogen-bond acceptors (Lipinski definition) is 4. The molecule has 2 aromatic rings. The smallest absolute Gasteiger partial charge is 0.253 e. The average molecular weight is 473 g/mol. The van der Waals surface area contributed by atoms with Gasteiger partial charge >= 0.3 is 0 Å². The molecule has 1 saturated heterocycles. The number of rotatable bonds is 10. The molecule has 1 aliphatic heterocycles. The second kappa shape index (κ2) is 10.7. The van der Waals surface area contributed by atoms with Gasteiger partial charge in [-0.3, -0.25) is 14.3 Å². The van der Waals surface area contributed by atoms with Crippen molar-refractivity contribution in [1.82, 2.24) is 9.62 Å². The minimum Gasteiger partial charge on any atom is -0.333 e. The Morgan fingerprint density at radius 3 is 2.44 bits per heavy atom. The molecule has 0 spiro atoms. The lowest BCUT2D eigenvalue weighted by molar-refractivity contribution is -0.143.